The second-order valence-corrected chi connectivity index (χ2v) is 8.88. The molecule has 0 spiro atoms. The molecule has 0 unspecified atom stereocenters. The lowest BCUT2D eigenvalue weighted by atomic mass is 10.1. The van der Waals surface area contributed by atoms with Crippen molar-refractivity contribution < 1.29 is 14.3 Å². The van der Waals surface area contributed by atoms with E-state index in [0.29, 0.717) is 25.1 Å². The first kappa shape index (κ1) is 21.8. The largest absolute Gasteiger partial charge is 0.379 e. The van der Waals surface area contributed by atoms with Gasteiger partial charge < -0.3 is 15.0 Å². The summed E-state index contributed by atoms with van der Waals surface area (Å²) < 4.78 is 5.42. The molecule has 0 radical (unpaired) electrons. The van der Waals surface area contributed by atoms with Crippen molar-refractivity contribution >= 4 is 29.3 Å². The molecule has 0 atom stereocenters. The third-order valence-electron chi connectivity index (χ3n) is 5.50. The van der Waals surface area contributed by atoms with E-state index in [-0.39, 0.29) is 11.8 Å². The van der Waals surface area contributed by atoms with E-state index in [2.05, 4.69) is 15.2 Å². The summed E-state index contributed by atoms with van der Waals surface area (Å²) in [6, 6.07) is 9.51. The van der Waals surface area contributed by atoms with Gasteiger partial charge in [0.15, 0.2) is 0 Å². The number of morpholine rings is 1. The average molecular weight is 441 g/mol. The highest BCUT2D eigenvalue weighted by Crippen LogP contribution is 2.32. The fraction of sp³-hybridized carbons (Fsp3) is 0.435. The van der Waals surface area contributed by atoms with Crippen LogP contribution in [0.25, 0.3) is 0 Å². The highest BCUT2D eigenvalue weighted by Gasteiger charge is 2.20. The molecule has 7 nitrogen and oxygen atoms in total. The number of amides is 2. The Morgan fingerprint density at radius 2 is 2.00 bits per heavy atom. The molecule has 1 N–H and O–H groups in total. The average Bonchev–Trinajstić information content (AvgIpc) is 2.99. The van der Waals surface area contributed by atoms with E-state index in [1.165, 1.54) is 0 Å². The molecule has 2 aromatic rings. The summed E-state index contributed by atoms with van der Waals surface area (Å²) in [5.41, 5.74) is 2.38. The summed E-state index contributed by atoms with van der Waals surface area (Å²) in [7, 11) is 0. The molecule has 8 heteroatoms. The predicted octanol–water partition coefficient (Wildman–Crippen LogP) is 2.88. The molecular weight excluding hydrogens is 412 g/mol. The Balaban J connectivity index is 1.48. The van der Waals surface area contributed by atoms with Gasteiger partial charge in [0.05, 0.1) is 18.9 Å². The number of pyridine rings is 1. The van der Waals surface area contributed by atoms with Gasteiger partial charge in [-0.15, -0.1) is 11.8 Å². The first-order chi connectivity index (χ1) is 15.2. The highest BCUT2D eigenvalue weighted by atomic mass is 32.2. The molecule has 1 aromatic carbocycles. The van der Waals surface area contributed by atoms with Crippen LogP contribution in [-0.4, -0.2) is 71.7 Å². The third-order valence-corrected chi connectivity index (χ3v) is 6.58. The zero-order chi connectivity index (χ0) is 21.5. The van der Waals surface area contributed by atoms with E-state index in [1.54, 1.807) is 24.2 Å². The van der Waals surface area contributed by atoms with Gasteiger partial charge >= 0.3 is 0 Å². The fourth-order valence-corrected chi connectivity index (χ4v) is 4.74. The van der Waals surface area contributed by atoms with E-state index in [9.17, 15) is 9.59 Å². The van der Waals surface area contributed by atoms with Crippen molar-refractivity contribution in [1.82, 2.24) is 14.8 Å². The number of thioether (sulfide) groups is 1. The number of aromatic nitrogens is 1. The maximum absolute atomic E-state index is 13.4. The number of rotatable bonds is 7. The number of carbonyl (C=O) groups excluding carboxylic acids is 2. The summed E-state index contributed by atoms with van der Waals surface area (Å²) in [4.78, 5) is 34.8. The number of hydrogen-bond donors (Lipinski definition) is 1. The molecule has 4 rings (SSSR count). The Morgan fingerprint density at radius 3 is 2.81 bits per heavy atom. The lowest BCUT2D eigenvalue weighted by Gasteiger charge is -2.28. The van der Waals surface area contributed by atoms with Crippen LogP contribution in [0, 0.1) is 0 Å². The fourth-order valence-electron chi connectivity index (χ4n) is 3.81. The van der Waals surface area contributed by atoms with Crippen molar-refractivity contribution in [2.45, 2.75) is 24.3 Å². The number of hydrogen-bond acceptors (Lipinski definition) is 6. The number of carbonyl (C=O) groups is 2. The maximum atomic E-state index is 13.4. The van der Waals surface area contributed by atoms with Gasteiger partial charge in [-0.3, -0.25) is 19.5 Å². The molecule has 2 amide bonds. The summed E-state index contributed by atoms with van der Waals surface area (Å²) >= 11 is 1.64. The van der Waals surface area contributed by atoms with Crippen molar-refractivity contribution in [3.05, 3.63) is 53.9 Å². The van der Waals surface area contributed by atoms with Crippen LogP contribution >= 0.6 is 11.8 Å². The molecule has 0 saturated carbocycles. The Hall–Kier alpha value is -2.42. The highest BCUT2D eigenvalue weighted by molar-refractivity contribution is 7.99. The summed E-state index contributed by atoms with van der Waals surface area (Å²) in [6.07, 6.45) is 4.88. The quantitative estimate of drug-likeness (QED) is 0.714. The minimum Gasteiger partial charge on any atom is -0.379 e. The van der Waals surface area contributed by atoms with Crippen molar-refractivity contribution in [3.63, 3.8) is 0 Å². The molecular formula is C23H28N4O3S. The second kappa shape index (κ2) is 10.7. The van der Waals surface area contributed by atoms with Gasteiger partial charge in [0.1, 0.15) is 0 Å². The van der Waals surface area contributed by atoms with Gasteiger partial charge in [-0.2, -0.15) is 0 Å². The van der Waals surface area contributed by atoms with E-state index < -0.39 is 0 Å². The summed E-state index contributed by atoms with van der Waals surface area (Å²) in [6.45, 7) is 5.58. The minimum atomic E-state index is -0.0231. The molecule has 164 valence electrons. The lowest BCUT2D eigenvalue weighted by molar-refractivity contribution is -0.115. The van der Waals surface area contributed by atoms with Crippen LogP contribution in [0.15, 0.2) is 47.6 Å². The van der Waals surface area contributed by atoms with E-state index >= 15 is 0 Å². The Bertz CT molecular complexity index is 903. The van der Waals surface area contributed by atoms with Crippen molar-refractivity contribution in [3.8, 4) is 0 Å². The number of nitrogens with zero attached hydrogens (tertiary/aromatic N) is 3. The standard InChI is InChI=1S/C23H28N4O3S/c28-22-6-15-31-21-3-2-19(16-20(21)25-22)23(29)27(17-18-4-7-24-8-5-18)10-1-9-26-11-13-30-14-12-26/h2-5,7-8,16H,1,6,9-15,17H2,(H,25,28). The molecule has 0 bridgehead atoms. The molecule has 1 fully saturated rings. The van der Waals surface area contributed by atoms with Crippen LogP contribution in [0.1, 0.15) is 28.8 Å². The first-order valence-corrected chi connectivity index (χ1v) is 11.7. The zero-order valence-corrected chi connectivity index (χ0v) is 18.4. The monoisotopic (exact) mass is 440 g/mol. The normalized spacial score (nSPS) is 16.8. The van der Waals surface area contributed by atoms with Crippen LogP contribution in [-0.2, 0) is 16.1 Å². The predicted molar refractivity (Wildman–Crippen MR) is 121 cm³/mol. The Kier molecular flexibility index (Phi) is 7.56. The number of anilines is 1. The van der Waals surface area contributed by atoms with E-state index in [0.717, 1.165) is 61.2 Å². The third kappa shape index (κ3) is 6.06. The molecule has 31 heavy (non-hydrogen) atoms. The number of ether oxygens (including phenoxy) is 1. The van der Waals surface area contributed by atoms with Gasteiger partial charge in [-0.1, -0.05) is 0 Å². The van der Waals surface area contributed by atoms with Crippen LogP contribution in [0.3, 0.4) is 0 Å². The Morgan fingerprint density at radius 1 is 1.19 bits per heavy atom. The lowest BCUT2D eigenvalue weighted by Crippen LogP contribution is -2.39. The van der Waals surface area contributed by atoms with Crippen LogP contribution in [0.2, 0.25) is 0 Å². The molecule has 1 saturated heterocycles. The molecule has 3 heterocycles. The minimum absolute atomic E-state index is 0.00463. The maximum Gasteiger partial charge on any atom is 0.254 e. The van der Waals surface area contributed by atoms with Crippen LogP contribution in [0.4, 0.5) is 5.69 Å². The summed E-state index contributed by atoms with van der Waals surface area (Å²) in [5, 5.41) is 2.94. The van der Waals surface area contributed by atoms with Crippen LogP contribution < -0.4 is 5.32 Å². The summed E-state index contributed by atoms with van der Waals surface area (Å²) in [5.74, 6) is 0.724. The second-order valence-electron chi connectivity index (χ2n) is 7.75. The topological polar surface area (TPSA) is 74.8 Å². The first-order valence-electron chi connectivity index (χ1n) is 10.7. The van der Waals surface area contributed by atoms with Gasteiger partial charge in [0.2, 0.25) is 5.91 Å². The number of fused-ring (bicyclic) bond motifs is 1. The van der Waals surface area contributed by atoms with Crippen molar-refractivity contribution in [2.24, 2.45) is 0 Å². The van der Waals surface area contributed by atoms with E-state index in [1.807, 2.05) is 35.2 Å². The van der Waals surface area contributed by atoms with E-state index in [4.69, 9.17) is 4.74 Å². The zero-order valence-electron chi connectivity index (χ0n) is 17.6. The SMILES string of the molecule is O=C1CCSc2ccc(C(=O)N(CCCN3CCOCC3)Cc3ccncc3)cc2N1. The molecule has 0 aliphatic carbocycles. The van der Waals surface area contributed by atoms with Crippen molar-refractivity contribution in [1.29, 1.82) is 0 Å². The Labute approximate surface area is 187 Å². The van der Waals surface area contributed by atoms with Gasteiger partial charge in [0, 0.05) is 67.8 Å². The molecule has 1 aromatic heterocycles. The number of benzene rings is 1. The van der Waals surface area contributed by atoms with Crippen LogP contribution in [0.5, 0.6) is 0 Å². The molecule has 2 aliphatic rings. The van der Waals surface area contributed by atoms with Gasteiger partial charge in [0.25, 0.3) is 5.91 Å². The van der Waals surface area contributed by atoms with Gasteiger partial charge in [-0.25, -0.2) is 0 Å². The smallest absolute Gasteiger partial charge is 0.254 e. The molecule has 2 aliphatic heterocycles. The van der Waals surface area contributed by atoms with Crippen molar-refractivity contribution in [2.75, 3.05) is 50.5 Å². The number of nitrogens with one attached hydrogen (secondary N) is 1. The van der Waals surface area contributed by atoms with Gasteiger partial charge in [-0.05, 0) is 42.3 Å².